The predicted octanol–water partition coefficient (Wildman–Crippen LogP) is 4.47. The molecule has 174 valence electrons. The highest BCUT2D eigenvalue weighted by molar-refractivity contribution is 7.92. The van der Waals surface area contributed by atoms with E-state index in [-0.39, 0.29) is 17.3 Å². The topological polar surface area (TPSA) is 101 Å². The van der Waals surface area contributed by atoms with Crippen LogP contribution in [-0.2, 0) is 21.2 Å². The van der Waals surface area contributed by atoms with Gasteiger partial charge in [0.1, 0.15) is 0 Å². The smallest absolute Gasteiger partial charge is 0.261 e. The number of nitrogens with one attached hydrogen (secondary N) is 2. The van der Waals surface area contributed by atoms with Crippen LogP contribution in [0, 0.1) is 13.8 Å². The van der Waals surface area contributed by atoms with Gasteiger partial charge in [-0.3, -0.25) is 9.52 Å². The van der Waals surface area contributed by atoms with Gasteiger partial charge in [-0.15, -0.1) is 0 Å². The van der Waals surface area contributed by atoms with Crippen molar-refractivity contribution < 1.29 is 13.2 Å². The molecule has 1 aliphatic carbocycles. The van der Waals surface area contributed by atoms with Crippen LogP contribution in [-0.4, -0.2) is 21.9 Å². The molecule has 4 rings (SSSR count). The van der Waals surface area contributed by atoms with Crippen molar-refractivity contribution in [1.82, 2.24) is 5.32 Å². The molecule has 33 heavy (non-hydrogen) atoms. The lowest BCUT2D eigenvalue weighted by Gasteiger charge is -2.26. The molecule has 3 aromatic rings. The summed E-state index contributed by atoms with van der Waals surface area (Å²) in [5.74, 6) is 0. The molecular weight excluding hydrogens is 434 g/mol. The Morgan fingerprint density at radius 2 is 1.76 bits per heavy atom. The van der Waals surface area contributed by atoms with Gasteiger partial charge in [0.2, 0.25) is 6.41 Å². The van der Waals surface area contributed by atoms with Gasteiger partial charge in [-0.2, -0.15) is 0 Å². The average Bonchev–Trinajstić information content (AvgIpc) is 2.81. The number of carbonyl (C=O) groups is 1. The van der Waals surface area contributed by atoms with E-state index in [4.69, 9.17) is 4.79 Å². The summed E-state index contributed by atoms with van der Waals surface area (Å²) in [6, 6.07) is 19.4. The summed E-state index contributed by atoms with van der Waals surface area (Å²) in [5.41, 5.74) is 11.6. The lowest BCUT2D eigenvalue weighted by molar-refractivity contribution is -0.106. The second-order valence-corrected chi connectivity index (χ2v) is 9.85. The Labute approximate surface area is 196 Å². The first-order valence-corrected chi connectivity index (χ1v) is 12.4. The minimum absolute atomic E-state index is 0.250. The molecule has 1 amide bonds. The molecule has 1 aliphatic rings. The number of carbonyl (C=O) groups excluding carboxylic acids is 1. The molecule has 3 aromatic carbocycles. The summed E-state index contributed by atoms with van der Waals surface area (Å²) < 4.78 is 29.0. The number of hydrogen-bond donors (Lipinski definition) is 3. The van der Waals surface area contributed by atoms with Gasteiger partial charge in [0.15, 0.2) is 0 Å². The Balaban J connectivity index is 0.000000968. The number of fused-ring (bicyclic) bond motifs is 1. The van der Waals surface area contributed by atoms with E-state index in [0.29, 0.717) is 5.69 Å². The van der Waals surface area contributed by atoms with Crippen LogP contribution in [0.3, 0.4) is 0 Å². The number of benzene rings is 3. The van der Waals surface area contributed by atoms with Crippen molar-refractivity contribution in [2.45, 2.75) is 44.0 Å². The van der Waals surface area contributed by atoms with Crippen LogP contribution in [0.15, 0.2) is 65.6 Å². The molecule has 0 saturated heterocycles. The molecule has 7 heteroatoms. The maximum Gasteiger partial charge on any atom is 0.261 e. The van der Waals surface area contributed by atoms with E-state index in [2.05, 4.69) is 35.7 Å². The average molecular weight is 466 g/mol. The fourth-order valence-corrected chi connectivity index (χ4v) is 5.37. The third kappa shape index (κ3) is 5.61. The zero-order valence-corrected chi connectivity index (χ0v) is 20.1. The van der Waals surface area contributed by atoms with Crippen LogP contribution >= 0.6 is 0 Å². The number of hydrogen-bond acceptors (Lipinski definition) is 4. The van der Waals surface area contributed by atoms with Gasteiger partial charge in [0.05, 0.1) is 4.90 Å². The van der Waals surface area contributed by atoms with E-state index in [1.54, 1.807) is 18.2 Å². The lowest BCUT2D eigenvalue weighted by atomic mass is 9.87. The van der Waals surface area contributed by atoms with Gasteiger partial charge >= 0.3 is 0 Å². The molecule has 0 fully saturated rings. The largest absolute Gasteiger partial charge is 0.372 e. The molecule has 0 radical (unpaired) electrons. The maximum absolute atomic E-state index is 13.1. The first kappa shape index (κ1) is 24.5. The lowest BCUT2D eigenvalue weighted by Crippen LogP contribution is -2.22. The number of sulfonamides is 1. The van der Waals surface area contributed by atoms with Crippen LogP contribution in [0.1, 0.15) is 41.1 Å². The Bertz CT molecular complexity index is 1240. The number of aryl methyl sites for hydroxylation is 2. The summed E-state index contributed by atoms with van der Waals surface area (Å²) in [4.78, 5) is 8.85. The minimum atomic E-state index is -3.69. The van der Waals surface area contributed by atoms with E-state index in [9.17, 15) is 8.42 Å². The van der Waals surface area contributed by atoms with Crippen LogP contribution in [0.2, 0.25) is 0 Å². The van der Waals surface area contributed by atoms with Crippen LogP contribution in [0.25, 0.3) is 11.1 Å². The molecule has 0 aliphatic heterocycles. The van der Waals surface area contributed by atoms with E-state index in [1.807, 2.05) is 43.4 Å². The minimum Gasteiger partial charge on any atom is -0.372 e. The van der Waals surface area contributed by atoms with Crippen molar-refractivity contribution in [2.75, 3.05) is 11.8 Å². The first-order chi connectivity index (χ1) is 15.8. The Hall–Kier alpha value is -3.16. The Kier molecular flexibility index (Phi) is 7.89. The molecule has 1 unspecified atom stereocenters. The summed E-state index contributed by atoms with van der Waals surface area (Å²) in [6.45, 7) is 4.13. The molecule has 1 atom stereocenters. The molecule has 0 heterocycles. The summed E-state index contributed by atoms with van der Waals surface area (Å²) >= 11 is 0. The van der Waals surface area contributed by atoms with Gasteiger partial charge in [0.25, 0.3) is 10.0 Å². The van der Waals surface area contributed by atoms with E-state index in [1.165, 1.54) is 16.7 Å². The van der Waals surface area contributed by atoms with Crippen molar-refractivity contribution >= 4 is 22.1 Å². The molecular formula is C26H31N3O3S. The Morgan fingerprint density at radius 1 is 1.03 bits per heavy atom. The van der Waals surface area contributed by atoms with Gasteiger partial charge in [0, 0.05) is 11.7 Å². The normalized spacial score (nSPS) is 15.1. The highest BCUT2D eigenvalue weighted by Gasteiger charge is 2.21. The molecule has 0 spiro atoms. The second kappa shape index (κ2) is 10.6. The predicted molar refractivity (Wildman–Crippen MR) is 134 cm³/mol. The van der Waals surface area contributed by atoms with Crippen LogP contribution in [0.4, 0.5) is 5.69 Å². The standard InChI is InChI=1S/C25H28N2O2S.CH3NO/c1-17-7-4-11-23(18(17)2)20-9-5-10-22(15-20)30(28,29)27-21-14-13-19-8-6-12-25(26-3)24(19)16-21;2-1-3/h4-5,7,9-11,13-16,25-27H,6,8,12H2,1-3H3;1H,(H2,2,3). The fourth-order valence-electron chi connectivity index (χ4n) is 4.27. The van der Waals surface area contributed by atoms with E-state index in [0.717, 1.165) is 36.0 Å². The van der Waals surface area contributed by atoms with E-state index < -0.39 is 10.0 Å². The first-order valence-electron chi connectivity index (χ1n) is 11.0. The molecule has 0 bridgehead atoms. The number of nitrogens with two attached hydrogens (primary N) is 1. The SMILES string of the molecule is CNC1CCCc2ccc(NS(=O)(=O)c3cccc(-c4cccc(C)c4C)c3)cc21.NC=O. The number of primary amides is 1. The van der Waals surface area contributed by atoms with Gasteiger partial charge in [-0.25, -0.2) is 8.42 Å². The van der Waals surface area contributed by atoms with E-state index >= 15 is 0 Å². The summed E-state index contributed by atoms with van der Waals surface area (Å²) in [5, 5.41) is 3.34. The number of amides is 1. The van der Waals surface area contributed by atoms with Crippen molar-refractivity contribution in [3.8, 4) is 11.1 Å². The third-order valence-electron chi connectivity index (χ3n) is 6.12. The van der Waals surface area contributed by atoms with Crippen LogP contribution < -0.4 is 15.8 Å². The molecule has 0 saturated carbocycles. The zero-order chi connectivity index (χ0) is 24.0. The quantitative estimate of drug-likeness (QED) is 0.484. The molecule has 6 nitrogen and oxygen atoms in total. The summed E-state index contributed by atoms with van der Waals surface area (Å²) in [7, 11) is -1.73. The van der Waals surface area contributed by atoms with Gasteiger partial charge in [-0.05, 0) is 97.8 Å². The van der Waals surface area contributed by atoms with Crippen molar-refractivity contribution in [3.05, 3.63) is 82.9 Å². The third-order valence-corrected chi connectivity index (χ3v) is 7.50. The van der Waals surface area contributed by atoms with Crippen molar-refractivity contribution in [1.29, 1.82) is 0 Å². The highest BCUT2D eigenvalue weighted by atomic mass is 32.2. The van der Waals surface area contributed by atoms with Crippen LogP contribution in [0.5, 0.6) is 0 Å². The maximum atomic E-state index is 13.1. The highest BCUT2D eigenvalue weighted by Crippen LogP contribution is 2.33. The molecule has 4 N–H and O–H groups in total. The summed E-state index contributed by atoms with van der Waals surface area (Å²) in [6.07, 6.45) is 3.50. The fraction of sp³-hybridized carbons (Fsp3) is 0.269. The molecule has 0 aromatic heterocycles. The monoisotopic (exact) mass is 465 g/mol. The zero-order valence-electron chi connectivity index (χ0n) is 19.3. The number of anilines is 1. The number of rotatable bonds is 5. The second-order valence-electron chi connectivity index (χ2n) is 8.16. The van der Waals surface area contributed by atoms with Gasteiger partial charge < -0.3 is 11.1 Å². The van der Waals surface area contributed by atoms with Crippen molar-refractivity contribution in [2.24, 2.45) is 5.73 Å². The van der Waals surface area contributed by atoms with Gasteiger partial charge in [-0.1, -0.05) is 36.4 Å². The Morgan fingerprint density at radius 3 is 2.48 bits per heavy atom. The van der Waals surface area contributed by atoms with Crippen molar-refractivity contribution in [3.63, 3.8) is 0 Å².